The van der Waals surface area contributed by atoms with Gasteiger partial charge in [-0.1, -0.05) is 34.4 Å². The van der Waals surface area contributed by atoms with Crippen LogP contribution in [0.25, 0.3) is 0 Å². The third kappa shape index (κ3) is 3.89. The first-order chi connectivity index (χ1) is 9.70. The number of hydrogen-bond donors (Lipinski definition) is 0. The molecule has 0 heterocycles. The number of halogens is 2. The van der Waals surface area contributed by atoms with Crippen molar-refractivity contribution in [3.63, 3.8) is 0 Å². The monoisotopic (exact) mass is 309 g/mol. The maximum Gasteiger partial charge on any atom is 0.145 e. The molecule has 0 unspecified atom stereocenters. The Balaban J connectivity index is 1.93. The van der Waals surface area contributed by atoms with Gasteiger partial charge in [0.25, 0.3) is 0 Å². The second-order valence-electron chi connectivity index (χ2n) is 3.98. The Bertz CT molecular complexity index is 577. The topological polar surface area (TPSA) is 30.8 Å². The summed E-state index contributed by atoms with van der Waals surface area (Å²) in [7, 11) is 1.62. The van der Waals surface area contributed by atoms with Gasteiger partial charge in [0.15, 0.2) is 0 Å². The van der Waals surface area contributed by atoms with E-state index in [1.165, 1.54) is 0 Å². The molecule has 0 saturated heterocycles. The number of methoxy groups -OCH3 is 1. The summed E-state index contributed by atoms with van der Waals surface area (Å²) >= 11 is 12.1. The van der Waals surface area contributed by atoms with Crippen molar-refractivity contribution in [3.8, 4) is 5.75 Å². The summed E-state index contributed by atoms with van der Waals surface area (Å²) in [4.78, 5) is 5.21. The number of hydrogen-bond acceptors (Lipinski definition) is 3. The summed E-state index contributed by atoms with van der Waals surface area (Å²) in [5.74, 6) is 0.797. The standard InChI is InChI=1S/C15H13Cl2NO2/c1-19-12-7-5-11(6-8-12)9-18-20-10-13-14(16)3-2-4-15(13)17/h2-9H,10H2,1H3/b18-9-. The molecule has 104 valence electrons. The summed E-state index contributed by atoms with van der Waals surface area (Å²) in [5.41, 5.74) is 1.64. The first-order valence-corrected chi connectivity index (χ1v) is 6.68. The maximum absolute atomic E-state index is 6.03. The summed E-state index contributed by atoms with van der Waals surface area (Å²) < 4.78 is 5.07. The third-order valence-corrected chi connectivity index (χ3v) is 3.37. The molecule has 2 aromatic rings. The highest BCUT2D eigenvalue weighted by Gasteiger charge is 2.05. The smallest absolute Gasteiger partial charge is 0.145 e. The lowest BCUT2D eigenvalue weighted by molar-refractivity contribution is 0.132. The highest BCUT2D eigenvalue weighted by molar-refractivity contribution is 6.35. The Labute approximate surface area is 127 Å². The molecule has 0 N–H and O–H groups in total. The van der Waals surface area contributed by atoms with Crippen LogP contribution in [0.3, 0.4) is 0 Å². The molecule has 0 spiro atoms. The molecule has 2 aromatic carbocycles. The number of oxime groups is 1. The minimum atomic E-state index is 0.227. The molecule has 20 heavy (non-hydrogen) atoms. The zero-order valence-electron chi connectivity index (χ0n) is 10.8. The molecule has 0 bridgehead atoms. The van der Waals surface area contributed by atoms with Crippen LogP contribution in [0, 0.1) is 0 Å². The summed E-state index contributed by atoms with van der Waals surface area (Å²) in [5, 5.41) is 5.03. The van der Waals surface area contributed by atoms with Crippen molar-refractivity contribution in [2.24, 2.45) is 5.16 Å². The van der Waals surface area contributed by atoms with Crippen LogP contribution in [0.4, 0.5) is 0 Å². The van der Waals surface area contributed by atoms with E-state index in [1.54, 1.807) is 31.5 Å². The van der Waals surface area contributed by atoms with Gasteiger partial charge in [0, 0.05) is 15.6 Å². The van der Waals surface area contributed by atoms with Crippen LogP contribution >= 0.6 is 23.2 Å². The summed E-state index contributed by atoms with van der Waals surface area (Å²) in [6, 6.07) is 12.8. The lowest BCUT2D eigenvalue weighted by Gasteiger charge is -2.04. The van der Waals surface area contributed by atoms with Gasteiger partial charge in [0.2, 0.25) is 0 Å². The number of ether oxygens (including phenoxy) is 1. The van der Waals surface area contributed by atoms with E-state index in [2.05, 4.69) is 5.16 Å². The molecule has 5 heteroatoms. The van der Waals surface area contributed by atoms with E-state index in [0.717, 1.165) is 16.9 Å². The van der Waals surface area contributed by atoms with Crippen LogP contribution in [0.1, 0.15) is 11.1 Å². The molecule has 0 aliphatic rings. The van der Waals surface area contributed by atoms with Crippen molar-refractivity contribution in [2.45, 2.75) is 6.61 Å². The molecule has 2 rings (SSSR count). The number of rotatable bonds is 5. The Kier molecular flexibility index (Phi) is 5.27. The van der Waals surface area contributed by atoms with Crippen molar-refractivity contribution < 1.29 is 9.57 Å². The minimum Gasteiger partial charge on any atom is -0.497 e. The molecule has 0 radical (unpaired) electrons. The van der Waals surface area contributed by atoms with Crippen LogP contribution in [0.15, 0.2) is 47.6 Å². The van der Waals surface area contributed by atoms with E-state index in [4.69, 9.17) is 32.8 Å². The fourth-order valence-electron chi connectivity index (χ4n) is 1.56. The zero-order valence-corrected chi connectivity index (χ0v) is 12.4. The first-order valence-electron chi connectivity index (χ1n) is 5.93. The lowest BCUT2D eigenvalue weighted by atomic mass is 10.2. The molecule has 3 nitrogen and oxygen atoms in total. The van der Waals surface area contributed by atoms with Gasteiger partial charge < -0.3 is 9.57 Å². The Morgan fingerprint density at radius 3 is 2.30 bits per heavy atom. The molecule has 0 fully saturated rings. The maximum atomic E-state index is 6.03. The van der Waals surface area contributed by atoms with Gasteiger partial charge in [0.05, 0.1) is 13.3 Å². The van der Waals surface area contributed by atoms with Gasteiger partial charge in [-0.15, -0.1) is 0 Å². The van der Waals surface area contributed by atoms with E-state index in [-0.39, 0.29) is 6.61 Å². The number of nitrogens with zero attached hydrogens (tertiary/aromatic N) is 1. The normalized spacial score (nSPS) is 10.8. The fraction of sp³-hybridized carbons (Fsp3) is 0.133. The quantitative estimate of drug-likeness (QED) is 0.599. The first kappa shape index (κ1) is 14.7. The van der Waals surface area contributed by atoms with Crippen LogP contribution in [0.5, 0.6) is 5.75 Å². The van der Waals surface area contributed by atoms with Crippen molar-refractivity contribution in [3.05, 3.63) is 63.6 Å². The highest BCUT2D eigenvalue weighted by atomic mass is 35.5. The van der Waals surface area contributed by atoms with Crippen molar-refractivity contribution >= 4 is 29.4 Å². The van der Waals surface area contributed by atoms with Gasteiger partial charge in [-0.2, -0.15) is 0 Å². The SMILES string of the molecule is COc1ccc(/C=N\OCc2c(Cl)cccc2Cl)cc1. The van der Waals surface area contributed by atoms with Crippen molar-refractivity contribution in [2.75, 3.05) is 7.11 Å². The number of benzene rings is 2. The Morgan fingerprint density at radius 1 is 1.05 bits per heavy atom. The molecule has 0 aliphatic heterocycles. The van der Waals surface area contributed by atoms with Crippen molar-refractivity contribution in [1.29, 1.82) is 0 Å². The summed E-state index contributed by atoms with van der Waals surface area (Å²) in [6.07, 6.45) is 1.62. The average Bonchev–Trinajstić information content (AvgIpc) is 2.46. The van der Waals surface area contributed by atoms with Gasteiger partial charge in [-0.05, 0) is 42.0 Å². The zero-order chi connectivity index (χ0) is 14.4. The predicted molar refractivity (Wildman–Crippen MR) is 81.8 cm³/mol. The lowest BCUT2D eigenvalue weighted by Crippen LogP contribution is -1.91. The van der Waals surface area contributed by atoms with E-state index in [9.17, 15) is 0 Å². The van der Waals surface area contributed by atoms with Gasteiger partial charge in [-0.3, -0.25) is 0 Å². The minimum absolute atomic E-state index is 0.227. The Morgan fingerprint density at radius 2 is 1.70 bits per heavy atom. The largest absolute Gasteiger partial charge is 0.497 e. The van der Waals surface area contributed by atoms with Gasteiger partial charge in [-0.25, -0.2) is 0 Å². The molecule has 0 saturated carbocycles. The molecular formula is C15H13Cl2NO2. The van der Waals surface area contributed by atoms with E-state index in [1.807, 2.05) is 24.3 Å². The molecular weight excluding hydrogens is 297 g/mol. The molecule has 0 atom stereocenters. The van der Waals surface area contributed by atoms with Crippen LogP contribution in [-0.2, 0) is 11.4 Å². The Hall–Kier alpha value is -1.71. The van der Waals surface area contributed by atoms with Gasteiger partial charge in [0.1, 0.15) is 12.4 Å². The summed E-state index contributed by atoms with van der Waals surface area (Å²) in [6.45, 7) is 0.227. The van der Waals surface area contributed by atoms with E-state index in [0.29, 0.717) is 10.0 Å². The second kappa shape index (κ2) is 7.17. The molecule has 0 amide bonds. The van der Waals surface area contributed by atoms with Crippen LogP contribution in [0.2, 0.25) is 10.0 Å². The second-order valence-corrected chi connectivity index (χ2v) is 4.80. The molecule has 0 aromatic heterocycles. The van der Waals surface area contributed by atoms with Crippen molar-refractivity contribution in [1.82, 2.24) is 0 Å². The average molecular weight is 310 g/mol. The van der Waals surface area contributed by atoms with Crippen LogP contribution in [-0.4, -0.2) is 13.3 Å². The predicted octanol–water partition coefficient (Wildman–Crippen LogP) is 4.55. The van der Waals surface area contributed by atoms with Gasteiger partial charge >= 0.3 is 0 Å². The third-order valence-electron chi connectivity index (χ3n) is 2.66. The highest BCUT2D eigenvalue weighted by Crippen LogP contribution is 2.24. The van der Waals surface area contributed by atoms with E-state index >= 15 is 0 Å². The van der Waals surface area contributed by atoms with Crippen LogP contribution < -0.4 is 4.74 Å². The fourth-order valence-corrected chi connectivity index (χ4v) is 2.07. The van der Waals surface area contributed by atoms with E-state index < -0.39 is 0 Å². The molecule has 0 aliphatic carbocycles.